The smallest absolute Gasteiger partial charge is 0.306 e. The molecule has 5 heteroatoms. The number of piperidine rings is 1. The summed E-state index contributed by atoms with van der Waals surface area (Å²) in [5.74, 6) is -0.475. The number of ether oxygens (including phenoxy) is 1. The van der Waals surface area contributed by atoms with Gasteiger partial charge in [0.15, 0.2) is 0 Å². The average Bonchev–Trinajstić information content (AvgIpc) is 2.23. The van der Waals surface area contributed by atoms with Gasteiger partial charge in [0.25, 0.3) is 0 Å². The Morgan fingerprint density at radius 3 is 2.31 bits per heavy atom. The summed E-state index contributed by atoms with van der Waals surface area (Å²) >= 11 is 0. The Labute approximate surface area is 94.4 Å². The quantitative estimate of drug-likeness (QED) is 0.755. The molecular weight excluding hydrogens is 210 g/mol. The monoisotopic (exact) mass is 227 g/mol. The third-order valence-corrected chi connectivity index (χ3v) is 3.37. The Hall–Kier alpha value is -1.10. The van der Waals surface area contributed by atoms with E-state index < -0.39 is 5.97 Å². The van der Waals surface area contributed by atoms with Crippen molar-refractivity contribution in [3.63, 3.8) is 0 Å². The van der Waals surface area contributed by atoms with Crippen molar-refractivity contribution >= 4 is 11.9 Å². The highest BCUT2D eigenvalue weighted by Crippen LogP contribution is 2.21. The Kier molecular flexibility index (Phi) is 3.43. The maximum atomic E-state index is 11.8. The first-order valence-corrected chi connectivity index (χ1v) is 5.75. The SMILES string of the molecule is O=C(O)C1CCN(C(=O)CC2COC2)CC1. The predicted molar refractivity (Wildman–Crippen MR) is 55.9 cm³/mol. The minimum Gasteiger partial charge on any atom is -0.481 e. The zero-order valence-corrected chi connectivity index (χ0v) is 9.22. The molecule has 5 nitrogen and oxygen atoms in total. The Balaban J connectivity index is 1.74. The van der Waals surface area contributed by atoms with Gasteiger partial charge in [-0.25, -0.2) is 0 Å². The number of rotatable bonds is 3. The highest BCUT2D eigenvalue weighted by molar-refractivity contribution is 5.77. The van der Waals surface area contributed by atoms with E-state index in [-0.39, 0.29) is 11.8 Å². The van der Waals surface area contributed by atoms with Crippen molar-refractivity contribution in [1.29, 1.82) is 0 Å². The second-order valence-electron chi connectivity index (χ2n) is 4.60. The second-order valence-corrected chi connectivity index (χ2v) is 4.60. The van der Waals surface area contributed by atoms with Crippen LogP contribution in [-0.2, 0) is 14.3 Å². The second kappa shape index (κ2) is 4.82. The van der Waals surface area contributed by atoms with E-state index in [0.29, 0.717) is 51.5 Å². The minimum atomic E-state index is -0.737. The van der Waals surface area contributed by atoms with Gasteiger partial charge in [0.1, 0.15) is 0 Å². The molecule has 2 heterocycles. The lowest BCUT2D eigenvalue weighted by molar-refractivity contribution is -0.147. The molecule has 2 rings (SSSR count). The van der Waals surface area contributed by atoms with Gasteiger partial charge in [0, 0.05) is 25.4 Å². The number of hydrogen-bond donors (Lipinski definition) is 1. The van der Waals surface area contributed by atoms with Crippen LogP contribution in [0.3, 0.4) is 0 Å². The molecule has 2 fully saturated rings. The fraction of sp³-hybridized carbons (Fsp3) is 0.818. The molecule has 0 aliphatic carbocycles. The fourth-order valence-electron chi connectivity index (χ4n) is 2.15. The lowest BCUT2D eigenvalue weighted by Gasteiger charge is -2.33. The third-order valence-electron chi connectivity index (χ3n) is 3.37. The van der Waals surface area contributed by atoms with Crippen LogP contribution in [0.4, 0.5) is 0 Å². The maximum Gasteiger partial charge on any atom is 0.306 e. The summed E-state index contributed by atoms with van der Waals surface area (Å²) < 4.78 is 5.02. The van der Waals surface area contributed by atoms with Crippen LogP contribution in [0.5, 0.6) is 0 Å². The third kappa shape index (κ3) is 2.52. The lowest BCUT2D eigenvalue weighted by atomic mass is 9.96. The van der Waals surface area contributed by atoms with Crippen molar-refractivity contribution in [2.45, 2.75) is 19.3 Å². The van der Waals surface area contributed by atoms with E-state index >= 15 is 0 Å². The van der Waals surface area contributed by atoms with Crippen LogP contribution in [0, 0.1) is 11.8 Å². The molecule has 0 saturated carbocycles. The molecule has 0 spiro atoms. The number of likely N-dealkylation sites (tertiary alicyclic amines) is 1. The summed E-state index contributed by atoms with van der Waals surface area (Å²) in [4.78, 5) is 24.3. The summed E-state index contributed by atoms with van der Waals surface area (Å²) in [5, 5.41) is 8.84. The summed E-state index contributed by atoms with van der Waals surface area (Å²) in [6.07, 6.45) is 1.72. The van der Waals surface area contributed by atoms with E-state index in [4.69, 9.17) is 9.84 Å². The van der Waals surface area contributed by atoms with Crippen LogP contribution in [0.1, 0.15) is 19.3 Å². The molecule has 1 amide bonds. The van der Waals surface area contributed by atoms with E-state index in [1.807, 2.05) is 0 Å². The van der Waals surface area contributed by atoms with Crippen molar-refractivity contribution < 1.29 is 19.4 Å². The van der Waals surface area contributed by atoms with Crippen LogP contribution in [0.25, 0.3) is 0 Å². The van der Waals surface area contributed by atoms with Crippen LogP contribution >= 0.6 is 0 Å². The topological polar surface area (TPSA) is 66.8 Å². The van der Waals surface area contributed by atoms with Crippen molar-refractivity contribution in [2.75, 3.05) is 26.3 Å². The van der Waals surface area contributed by atoms with Gasteiger partial charge in [0.2, 0.25) is 5.91 Å². The number of amides is 1. The first kappa shape index (κ1) is 11.4. The van der Waals surface area contributed by atoms with Crippen LogP contribution < -0.4 is 0 Å². The molecule has 2 saturated heterocycles. The zero-order valence-electron chi connectivity index (χ0n) is 9.22. The van der Waals surface area contributed by atoms with E-state index in [1.165, 1.54) is 0 Å². The first-order chi connectivity index (χ1) is 7.66. The van der Waals surface area contributed by atoms with Gasteiger partial charge >= 0.3 is 5.97 Å². The molecule has 0 atom stereocenters. The van der Waals surface area contributed by atoms with Crippen LogP contribution in [0.15, 0.2) is 0 Å². The molecule has 0 aromatic heterocycles. The lowest BCUT2D eigenvalue weighted by Crippen LogP contribution is -2.42. The summed E-state index contributed by atoms with van der Waals surface area (Å²) in [6, 6.07) is 0. The molecule has 16 heavy (non-hydrogen) atoms. The van der Waals surface area contributed by atoms with Crippen molar-refractivity contribution in [2.24, 2.45) is 11.8 Å². The van der Waals surface area contributed by atoms with Gasteiger partial charge in [-0.05, 0) is 12.8 Å². The number of aliphatic carboxylic acids is 1. The molecule has 0 aromatic carbocycles. The van der Waals surface area contributed by atoms with Gasteiger partial charge in [-0.3, -0.25) is 9.59 Å². The molecule has 90 valence electrons. The molecule has 0 aromatic rings. The fourth-order valence-corrected chi connectivity index (χ4v) is 2.15. The van der Waals surface area contributed by atoms with Gasteiger partial charge < -0.3 is 14.7 Å². The molecule has 0 bridgehead atoms. The Bertz CT molecular complexity index is 280. The Morgan fingerprint density at radius 2 is 1.88 bits per heavy atom. The van der Waals surface area contributed by atoms with Crippen molar-refractivity contribution in [3.05, 3.63) is 0 Å². The number of hydrogen-bond acceptors (Lipinski definition) is 3. The summed E-state index contributed by atoms with van der Waals surface area (Å²) in [6.45, 7) is 2.56. The standard InChI is InChI=1S/C11H17NO4/c13-10(5-8-6-16-7-8)12-3-1-9(2-4-12)11(14)15/h8-9H,1-7H2,(H,14,15). The number of nitrogens with zero attached hydrogens (tertiary/aromatic N) is 1. The normalized spacial score (nSPS) is 22.9. The maximum absolute atomic E-state index is 11.8. The van der Waals surface area contributed by atoms with Gasteiger partial charge in [-0.15, -0.1) is 0 Å². The molecular formula is C11H17NO4. The average molecular weight is 227 g/mol. The summed E-state index contributed by atoms with van der Waals surface area (Å²) in [5.41, 5.74) is 0. The highest BCUT2D eigenvalue weighted by Gasteiger charge is 2.29. The minimum absolute atomic E-state index is 0.150. The van der Waals surface area contributed by atoms with Gasteiger partial charge in [-0.1, -0.05) is 0 Å². The largest absolute Gasteiger partial charge is 0.481 e. The molecule has 2 aliphatic rings. The van der Waals surface area contributed by atoms with E-state index in [2.05, 4.69) is 0 Å². The van der Waals surface area contributed by atoms with Crippen molar-refractivity contribution in [3.8, 4) is 0 Å². The van der Waals surface area contributed by atoms with E-state index in [0.717, 1.165) is 0 Å². The summed E-state index contributed by atoms with van der Waals surface area (Å²) in [7, 11) is 0. The number of carboxylic acid groups (broad SMARTS) is 1. The number of carbonyl (C=O) groups is 2. The highest BCUT2D eigenvalue weighted by atomic mass is 16.5. The molecule has 0 radical (unpaired) electrons. The molecule has 1 N–H and O–H groups in total. The van der Waals surface area contributed by atoms with Gasteiger partial charge in [0.05, 0.1) is 19.1 Å². The molecule has 2 aliphatic heterocycles. The Morgan fingerprint density at radius 1 is 1.25 bits per heavy atom. The predicted octanol–water partition coefficient (Wildman–Crippen LogP) is 0.346. The van der Waals surface area contributed by atoms with Gasteiger partial charge in [-0.2, -0.15) is 0 Å². The number of carboxylic acids is 1. The van der Waals surface area contributed by atoms with E-state index in [9.17, 15) is 9.59 Å². The van der Waals surface area contributed by atoms with Crippen LogP contribution in [0.2, 0.25) is 0 Å². The van der Waals surface area contributed by atoms with Crippen molar-refractivity contribution in [1.82, 2.24) is 4.90 Å². The zero-order chi connectivity index (χ0) is 11.5. The molecule has 0 unspecified atom stereocenters. The number of carbonyl (C=O) groups excluding carboxylic acids is 1. The first-order valence-electron chi connectivity index (χ1n) is 5.75. The van der Waals surface area contributed by atoms with Crippen LogP contribution in [-0.4, -0.2) is 48.2 Å². The van der Waals surface area contributed by atoms with E-state index in [1.54, 1.807) is 4.90 Å².